The second-order valence-corrected chi connectivity index (χ2v) is 6.81. The predicted molar refractivity (Wildman–Crippen MR) is 119 cm³/mol. The Morgan fingerprint density at radius 1 is 1.19 bits per heavy atom. The van der Waals surface area contributed by atoms with Crippen LogP contribution in [0, 0.1) is 0 Å². The molecule has 0 bridgehead atoms. The van der Waals surface area contributed by atoms with Crippen molar-refractivity contribution in [2.45, 2.75) is 26.3 Å². The number of thiophene rings is 1. The lowest BCUT2D eigenvalue weighted by molar-refractivity contribution is 0.421. The molecule has 7 nitrogen and oxygen atoms in total. The lowest BCUT2D eigenvalue weighted by atomic mass is 10.3. The number of guanidine groups is 1. The van der Waals surface area contributed by atoms with Crippen LogP contribution in [0.1, 0.15) is 22.5 Å². The van der Waals surface area contributed by atoms with Crippen molar-refractivity contribution in [3.63, 3.8) is 0 Å². The summed E-state index contributed by atoms with van der Waals surface area (Å²) in [5.41, 5.74) is 0.680. The SMILES string of the molecule is CCc1ccc(CNC(=NC)NCCc2noc(-c3ccccn3)n2)s1.I. The molecule has 0 aromatic carbocycles. The molecule has 144 valence electrons. The summed E-state index contributed by atoms with van der Waals surface area (Å²) in [6.07, 6.45) is 3.41. The molecular weight excluding hydrogens is 475 g/mol. The number of aromatic nitrogens is 3. The van der Waals surface area contributed by atoms with Crippen LogP contribution in [0.4, 0.5) is 0 Å². The van der Waals surface area contributed by atoms with Gasteiger partial charge in [0.15, 0.2) is 11.8 Å². The Balaban J connectivity index is 0.00000261. The molecule has 0 aliphatic rings. The molecule has 3 heterocycles. The maximum Gasteiger partial charge on any atom is 0.276 e. The van der Waals surface area contributed by atoms with Crippen LogP contribution in [0.2, 0.25) is 0 Å². The predicted octanol–water partition coefficient (Wildman–Crippen LogP) is 3.28. The summed E-state index contributed by atoms with van der Waals surface area (Å²) in [6.45, 7) is 3.59. The maximum absolute atomic E-state index is 5.26. The van der Waals surface area contributed by atoms with Crippen LogP contribution in [0.3, 0.4) is 0 Å². The monoisotopic (exact) mass is 498 g/mol. The minimum Gasteiger partial charge on any atom is -0.356 e. The van der Waals surface area contributed by atoms with E-state index in [2.05, 4.69) is 49.8 Å². The van der Waals surface area contributed by atoms with Crippen LogP contribution in [0.15, 0.2) is 46.0 Å². The Hall–Kier alpha value is -2.01. The lowest BCUT2D eigenvalue weighted by Crippen LogP contribution is -2.37. The van der Waals surface area contributed by atoms with E-state index in [-0.39, 0.29) is 24.0 Å². The summed E-state index contributed by atoms with van der Waals surface area (Å²) < 4.78 is 5.26. The van der Waals surface area contributed by atoms with Gasteiger partial charge in [-0.2, -0.15) is 4.98 Å². The van der Waals surface area contributed by atoms with Crippen molar-refractivity contribution in [1.82, 2.24) is 25.8 Å². The third-order valence-electron chi connectivity index (χ3n) is 3.71. The minimum atomic E-state index is 0. The highest BCUT2D eigenvalue weighted by Crippen LogP contribution is 2.16. The average Bonchev–Trinajstić information content (AvgIpc) is 3.34. The summed E-state index contributed by atoms with van der Waals surface area (Å²) in [5.74, 6) is 1.83. The molecule has 9 heteroatoms. The van der Waals surface area contributed by atoms with E-state index in [1.807, 2.05) is 29.5 Å². The third-order valence-corrected chi connectivity index (χ3v) is 4.94. The van der Waals surface area contributed by atoms with E-state index < -0.39 is 0 Å². The van der Waals surface area contributed by atoms with Gasteiger partial charge in [-0.05, 0) is 30.7 Å². The fourth-order valence-electron chi connectivity index (χ4n) is 2.34. The first-order valence-corrected chi connectivity index (χ1v) is 9.36. The number of halogens is 1. The molecule has 0 fully saturated rings. The number of nitrogens with one attached hydrogen (secondary N) is 2. The molecule has 0 aliphatic carbocycles. The highest BCUT2D eigenvalue weighted by Gasteiger charge is 2.09. The number of aryl methyl sites for hydroxylation is 1. The van der Waals surface area contributed by atoms with E-state index in [4.69, 9.17) is 4.52 Å². The van der Waals surface area contributed by atoms with Gasteiger partial charge in [0.05, 0.1) is 6.54 Å². The van der Waals surface area contributed by atoms with Crippen LogP contribution in [0.5, 0.6) is 0 Å². The number of rotatable bonds is 7. The first-order chi connectivity index (χ1) is 12.8. The molecule has 27 heavy (non-hydrogen) atoms. The Bertz CT molecular complexity index is 848. The summed E-state index contributed by atoms with van der Waals surface area (Å²) in [5, 5.41) is 10.6. The smallest absolute Gasteiger partial charge is 0.276 e. The quantitative estimate of drug-likeness (QED) is 0.296. The van der Waals surface area contributed by atoms with Gasteiger partial charge in [-0.3, -0.25) is 9.98 Å². The second-order valence-electron chi connectivity index (χ2n) is 5.55. The first-order valence-electron chi connectivity index (χ1n) is 8.54. The summed E-state index contributed by atoms with van der Waals surface area (Å²) in [4.78, 5) is 15.5. The molecule has 0 atom stereocenters. The molecule has 0 radical (unpaired) electrons. The third kappa shape index (κ3) is 6.28. The lowest BCUT2D eigenvalue weighted by Gasteiger charge is -2.10. The number of hydrogen-bond acceptors (Lipinski definition) is 6. The molecule has 0 saturated carbocycles. The van der Waals surface area contributed by atoms with Crippen molar-refractivity contribution in [1.29, 1.82) is 0 Å². The molecule has 3 aromatic rings. The molecule has 0 aliphatic heterocycles. The van der Waals surface area contributed by atoms with E-state index >= 15 is 0 Å². The summed E-state index contributed by atoms with van der Waals surface area (Å²) >= 11 is 1.82. The van der Waals surface area contributed by atoms with Crippen LogP contribution in [0.25, 0.3) is 11.6 Å². The van der Waals surface area contributed by atoms with Gasteiger partial charge in [0.2, 0.25) is 0 Å². The number of aliphatic imine (C=N–C) groups is 1. The minimum absolute atomic E-state index is 0. The zero-order chi connectivity index (χ0) is 18.2. The van der Waals surface area contributed by atoms with Gasteiger partial charge in [-0.1, -0.05) is 18.1 Å². The van der Waals surface area contributed by atoms with Gasteiger partial charge in [0.1, 0.15) is 5.69 Å². The van der Waals surface area contributed by atoms with E-state index in [9.17, 15) is 0 Å². The largest absolute Gasteiger partial charge is 0.356 e. The standard InChI is InChI=1S/C18H22N6OS.HI/c1-3-13-7-8-14(26-13)12-22-18(19-2)21-11-9-16-23-17(25-24-16)15-6-4-5-10-20-15;/h4-8,10H,3,9,11-12H2,1-2H3,(H2,19,21,22);1H. The van der Waals surface area contributed by atoms with E-state index in [0.717, 1.165) is 18.9 Å². The fraction of sp³-hybridized carbons (Fsp3) is 0.333. The van der Waals surface area contributed by atoms with Gasteiger partial charge < -0.3 is 15.2 Å². The second kappa shape index (κ2) is 11.0. The molecule has 0 spiro atoms. The number of nitrogens with zero attached hydrogens (tertiary/aromatic N) is 4. The molecule has 0 saturated heterocycles. The highest BCUT2D eigenvalue weighted by atomic mass is 127. The normalized spacial score (nSPS) is 11.1. The fourth-order valence-corrected chi connectivity index (χ4v) is 3.24. The average molecular weight is 498 g/mol. The zero-order valence-electron chi connectivity index (χ0n) is 15.3. The van der Waals surface area contributed by atoms with Crippen LogP contribution < -0.4 is 10.6 Å². The van der Waals surface area contributed by atoms with Crippen molar-refractivity contribution in [3.05, 3.63) is 52.1 Å². The van der Waals surface area contributed by atoms with Gasteiger partial charge in [0, 0.05) is 36.0 Å². The Morgan fingerprint density at radius 2 is 2.04 bits per heavy atom. The first kappa shape index (κ1) is 21.3. The molecule has 3 rings (SSSR count). The Kier molecular flexibility index (Phi) is 8.65. The van der Waals surface area contributed by atoms with Gasteiger partial charge in [-0.15, -0.1) is 35.3 Å². The molecular formula is C18H23IN6OS. The summed E-state index contributed by atoms with van der Waals surface area (Å²) in [7, 11) is 1.76. The maximum atomic E-state index is 5.26. The van der Waals surface area contributed by atoms with Gasteiger partial charge >= 0.3 is 0 Å². The topological polar surface area (TPSA) is 88.2 Å². The Labute approximate surface area is 179 Å². The van der Waals surface area contributed by atoms with Crippen molar-refractivity contribution < 1.29 is 4.52 Å². The van der Waals surface area contributed by atoms with E-state index in [0.29, 0.717) is 30.4 Å². The molecule has 3 aromatic heterocycles. The van der Waals surface area contributed by atoms with Crippen LogP contribution >= 0.6 is 35.3 Å². The molecule has 2 N–H and O–H groups in total. The van der Waals surface area contributed by atoms with Crippen LogP contribution in [-0.2, 0) is 19.4 Å². The molecule has 0 amide bonds. The van der Waals surface area contributed by atoms with Gasteiger partial charge in [-0.25, -0.2) is 0 Å². The summed E-state index contributed by atoms with van der Waals surface area (Å²) in [6, 6.07) is 9.91. The molecule has 0 unspecified atom stereocenters. The van der Waals surface area contributed by atoms with E-state index in [1.54, 1.807) is 13.2 Å². The Morgan fingerprint density at radius 3 is 2.74 bits per heavy atom. The van der Waals surface area contributed by atoms with Crippen molar-refractivity contribution in [2.24, 2.45) is 4.99 Å². The number of pyridine rings is 1. The van der Waals surface area contributed by atoms with Crippen molar-refractivity contribution in [3.8, 4) is 11.6 Å². The zero-order valence-corrected chi connectivity index (χ0v) is 18.5. The van der Waals surface area contributed by atoms with E-state index in [1.165, 1.54) is 9.75 Å². The van der Waals surface area contributed by atoms with Gasteiger partial charge in [0.25, 0.3) is 5.89 Å². The van der Waals surface area contributed by atoms with Crippen molar-refractivity contribution in [2.75, 3.05) is 13.6 Å². The van der Waals surface area contributed by atoms with Crippen molar-refractivity contribution >= 4 is 41.3 Å². The highest BCUT2D eigenvalue weighted by molar-refractivity contribution is 14.0. The van der Waals surface area contributed by atoms with Crippen LogP contribution in [-0.4, -0.2) is 34.7 Å². The number of hydrogen-bond donors (Lipinski definition) is 2.